The lowest BCUT2D eigenvalue weighted by Gasteiger charge is -2.24. The fourth-order valence-electron chi connectivity index (χ4n) is 3.49. The van der Waals surface area contributed by atoms with E-state index in [4.69, 9.17) is 9.47 Å². The van der Waals surface area contributed by atoms with Gasteiger partial charge in [0.2, 0.25) is 0 Å². The van der Waals surface area contributed by atoms with Gasteiger partial charge < -0.3 is 19.6 Å². The predicted molar refractivity (Wildman–Crippen MR) is 100 cm³/mol. The number of rotatable bonds is 6. The average Bonchev–Trinajstić information content (AvgIpc) is 3.19. The molecule has 1 N–H and O–H groups in total. The van der Waals surface area contributed by atoms with E-state index in [1.807, 2.05) is 42.5 Å². The molecule has 0 saturated heterocycles. The van der Waals surface area contributed by atoms with Gasteiger partial charge in [-0.1, -0.05) is 30.3 Å². The van der Waals surface area contributed by atoms with Crippen LogP contribution in [0.4, 0.5) is 5.69 Å². The summed E-state index contributed by atoms with van der Waals surface area (Å²) in [5, 5.41) is 2.99. The zero-order valence-electron chi connectivity index (χ0n) is 14.6. The number of carbonyl (C=O) groups is 1. The molecule has 1 aliphatic carbocycles. The van der Waals surface area contributed by atoms with Gasteiger partial charge >= 0.3 is 0 Å². The fraction of sp³-hybridized carbons (Fsp3) is 0.333. The second kappa shape index (κ2) is 7.60. The van der Waals surface area contributed by atoms with Gasteiger partial charge in [-0.25, -0.2) is 4.99 Å². The summed E-state index contributed by atoms with van der Waals surface area (Å²) in [5.74, 6) is 1.39. The van der Waals surface area contributed by atoms with Crippen molar-refractivity contribution in [1.82, 2.24) is 5.32 Å². The molecule has 4 rings (SSSR count). The topological polar surface area (TPSA) is 59.9 Å². The molecule has 0 aromatic heterocycles. The first kappa shape index (κ1) is 16.6. The number of benzene rings is 2. The molecule has 0 amide bonds. The molecule has 1 atom stereocenters. The van der Waals surface area contributed by atoms with E-state index >= 15 is 0 Å². The summed E-state index contributed by atoms with van der Waals surface area (Å²) < 4.78 is 12.2. The lowest BCUT2D eigenvalue weighted by atomic mass is 10.0. The van der Waals surface area contributed by atoms with Crippen LogP contribution in [-0.4, -0.2) is 18.7 Å². The Morgan fingerprint density at radius 3 is 2.73 bits per heavy atom. The lowest BCUT2D eigenvalue weighted by Crippen LogP contribution is -2.25. The molecule has 2 aliphatic rings. The highest BCUT2D eigenvalue weighted by atomic mass is 16.5. The summed E-state index contributed by atoms with van der Waals surface area (Å²) in [7, 11) is 0. The third kappa shape index (κ3) is 3.57. The Kier molecular flexibility index (Phi) is 4.86. The standard InChI is InChI=1S/C21H22N2O3/c24-12-19-21-18(22-14-23-19)10-17(25-13-15-6-2-1-3-7-15)11-20(21)26-16-8-4-5-9-16/h1-3,6-7,10-12,14,16,19H,4-5,8-9,13H2,(H,22,23). The SMILES string of the molecule is O=CC1NC=Nc2cc(OCc3ccccc3)cc(OC3CCCC3)c21. The van der Waals surface area contributed by atoms with Crippen molar-refractivity contribution < 1.29 is 14.3 Å². The Labute approximate surface area is 153 Å². The van der Waals surface area contributed by atoms with Crippen LogP contribution in [0, 0.1) is 0 Å². The van der Waals surface area contributed by atoms with Crippen LogP contribution < -0.4 is 14.8 Å². The molecule has 5 nitrogen and oxygen atoms in total. The van der Waals surface area contributed by atoms with E-state index in [-0.39, 0.29) is 6.10 Å². The van der Waals surface area contributed by atoms with Gasteiger partial charge in [-0.2, -0.15) is 0 Å². The Balaban J connectivity index is 1.63. The summed E-state index contributed by atoms with van der Waals surface area (Å²) in [6, 6.07) is 13.3. The highest BCUT2D eigenvalue weighted by Gasteiger charge is 2.26. The molecule has 0 spiro atoms. The molecule has 26 heavy (non-hydrogen) atoms. The van der Waals surface area contributed by atoms with Crippen LogP contribution in [0.5, 0.6) is 11.5 Å². The normalized spacial score (nSPS) is 18.8. The van der Waals surface area contributed by atoms with Crippen LogP contribution in [0.25, 0.3) is 0 Å². The van der Waals surface area contributed by atoms with E-state index in [0.717, 1.165) is 35.9 Å². The first-order chi connectivity index (χ1) is 12.8. The molecule has 1 saturated carbocycles. The number of aldehydes is 1. The van der Waals surface area contributed by atoms with Crippen LogP contribution >= 0.6 is 0 Å². The lowest BCUT2D eigenvalue weighted by molar-refractivity contribution is -0.109. The number of nitrogens with zero attached hydrogens (tertiary/aromatic N) is 1. The third-order valence-electron chi connectivity index (χ3n) is 4.84. The molecule has 1 fully saturated rings. The summed E-state index contributed by atoms with van der Waals surface area (Å²) in [6.45, 7) is 0.474. The minimum absolute atomic E-state index is 0.196. The van der Waals surface area contributed by atoms with Gasteiger partial charge in [-0.3, -0.25) is 0 Å². The fourth-order valence-corrected chi connectivity index (χ4v) is 3.49. The highest BCUT2D eigenvalue weighted by Crippen LogP contribution is 2.41. The van der Waals surface area contributed by atoms with Crippen molar-refractivity contribution in [2.45, 2.75) is 44.4 Å². The van der Waals surface area contributed by atoms with E-state index in [0.29, 0.717) is 18.1 Å². The molecule has 1 aliphatic heterocycles. The molecule has 0 radical (unpaired) electrons. The minimum Gasteiger partial charge on any atom is -0.490 e. The van der Waals surface area contributed by atoms with Crippen molar-refractivity contribution >= 4 is 18.3 Å². The highest BCUT2D eigenvalue weighted by molar-refractivity contribution is 5.80. The van der Waals surface area contributed by atoms with Crippen molar-refractivity contribution in [3.8, 4) is 11.5 Å². The Bertz CT molecular complexity index is 798. The van der Waals surface area contributed by atoms with Crippen LogP contribution in [0.3, 0.4) is 0 Å². The van der Waals surface area contributed by atoms with Gasteiger partial charge in [0, 0.05) is 17.7 Å². The molecule has 2 aromatic carbocycles. The molecular weight excluding hydrogens is 328 g/mol. The van der Waals surface area contributed by atoms with Crippen molar-refractivity contribution in [3.63, 3.8) is 0 Å². The molecular formula is C21H22N2O3. The summed E-state index contributed by atoms with van der Waals surface area (Å²) >= 11 is 0. The molecule has 134 valence electrons. The Hall–Kier alpha value is -2.82. The van der Waals surface area contributed by atoms with Gasteiger partial charge in [-0.05, 0) is 31.2 Å². The molecule has 1 heterocycles. The molecule has 2 aromatic rings. The van der Waals surface area contributed by atoms with Crippen molar-refractivity contribution in [3.05, 3.63) is 53.6 Å². The largest absolute Gasteiger partial charge is 0.490 e. The van der Waals surface area contributed by atoms with Gasteiger partial charge in [0.15, 0.2) is 0 Å². The second-order valence-electron chi connectivity index (χ2n) is 6.69. The number of nitrogens with one attached hydrogen (secondary N) is 1. The molecule has 5 heteroatoms. The van der Waals surface area contributed by atoms with E-state index in [1.54, 1.807) is 6.34 Å². The maximum Gasteiger partial charge on any atom is 0.147 e. The number of hydrogen-bond donors (Lipinski definition) is 1. The second-order valence-corrected chi connectivity index (χ2v) is 6.69. The van der Waals surface area contributed by atoms with Crippen molar-refractivity contribution in [2.24, 2.45) is 4.99 Å². The third-order valence-corrected chi connectivity index (χ3v) is 4.84. The van der Waals surface area contributed by atoms with Crippen molar-refractivity contribution in [1.29, 1.82) is 0 Å². The number of aliphatic imine (C=N–C) groups is 1. The van der Waals surface area contributed by atoms with E-state index in [9.17, 15) is 4.79 Å². The quantitative estimate of drug-likeness (QED) is 0.797. The number of carbonyl (C=O) groups excluding carboxylic acids is 1. The van der Waals surface area contributed by atoms with Crippen LogP contribution in [-0.2, 0) is 11.4 Å². The first-order valence-electron chi connectivity index (χ1n) is 9.08. The van der Waals surface area contributed by atoms with Crippen LogP contribution in [0.2, 0.25) is 0 Å². The monoisotopic (exact) mass is 350 g/mol. The Morgan fingerprint density at radius 2 is 1.96 bits per heavy atom. The maximum atomic E-state index is 11.5. The number of hydrogen-bond acceptors (Lipinski definition) is 5. The zero-order chi connectivity index (χ0) is 17.8. The number of ether oxygens (including phenoxy) is 2. The van der Waals surface area contributed by atoms with Gasteiger partial charge in [0.25, 0.3) is 0 Å². The summed E-state index contributed by atoms with van der Waals surface area (Å²) in [5.41, 5.74) is 2.61. The first-order valence-corrected chi connectivity index (χ1v) is 9.08. The Morgan fingerprint density at radius 1 is 1.15 bits per heavy atom. The van der Waals surface area contributed by atoms with E-state index in [2.05, 4.69) is 10.3 Å². The average molecular weight is 350 g/mol. The smallest absolute Gasteiger partial charge is 0.147 e. The van der Waals surface area contributed by atoms with Gasteiger partial charge in [0.05, 0.1) is 18.1 Å². The number of fused-ring (bicyclic) bond motifs is 1. The van der Waals surface area contributed by atoms with Crippen LogP contribution in [0.1, 0.15) is 42.9 Å². The van der Waals surface area contributed by atoms with Gasteiger partial charge in [-0.15, -0.1) is 0 Å². The minimum atomic E-state index is -0.443. The summed E-state index contributed by atoms with van der Waals surface area (Å²) in [4.78, 5) is 15.9. The summed E-state index contributed by atoms with van der Waals surface area (Å²) in [6.07, 6.45) is 7.10. The van der Waals surface area contributed by atoms with Crippen LogP contribution in [0.15, 0.2) is 47.5 Å². The zero-order valence-corrected chi connectivity index (χ0v) is 14.6. The van der Waals surface area contributed by atoms with E-state index in [1.165, 1.54) is 12.8 Å². The van der Waals surface area contributed by atoms with Gasteiger partial charge in [0.1, 0.15) is 30.4 Å². The van der Waals surface area contributed by atoms with E-state index < -0.39 is 6.04 Å². The predicted octanol–water partition coefficient (Wildman–Crippen LogP) is 4.09. The maximum absolute atomic E-state index is 11.5. The van der Waals surface area contributed by atoms with Crippen molar-refractivity contribution in [2.75, 3.05) is 0 Å². The molecule has 0 bridgehead atoms. The molecule has 1 unspecified atom stereocenters.